The van der Waals surface area contributed by atoms with E-state index in [9.17, 15) is 18.3 Å². The van der Waals surface area contributed by atoms with Crippen LogP contribution in [-0.2, 0) is 16.3 Å². The van der Waals surface area contributed by atoms with Crippen molar-refractivity contribution in [1.29, 1.82) is 0 Å². The van der Waals surface area contributed by atoms with Crippen LogP contribution >= 0.6 is 0 Å². The van der Waals surface area contributed by atoms with Gasteiger partial charge in [-0.25, -0.2) is 13.2 Å². The maximum absolute atomic E-state index is 12.2. The van der Waals surface area contributed by atoms with Gasteiger partial charge in [0.05, 0.1) is 11.5 Å². The Morgan fingerprint density at radius 2 is 2.04 bits per heavy atom. The molecule has 0 bridgehead atoms. The molecule has 6 nitrogen and oxygen atoms in total. The Morgan fingerprint density at radius 3 is 2.61 bits per heavy atom. The van der Waals surface area contributed by atoms with Gasteiger partial charge in [-0.1, -0.05) is 12.1 Å². The number of phenols is 1. The molecule has 2 N–H and O–H groups in total. The third-order valence-electron chi connectivity index (χ3n) is 4.25. The molecule has 1 heterocycles. The number of hydrogen-bond acceptors (Lipinski definition) is 4. The van der Waals surface area contributed by atoms with E-state index < -0.39 is 9.84 Å². The van der Waals surface area contributed by atoms with Crippen LogP contribution in [0.1, 0.15) is 25.3 Å². The van der Waals surface area contributed by atoms with Crippen molar-refractivity contribution in [3.8, 4) is 5.75 Å². The maximum Gasteiger partial charge on any atom is 0.317 e. The van der Waals surface area contributed by atoms with Crippen molar-refractivity contribution in [1.82, 2.24) is 10.2 Å². The summed E-state index contributed by atoms with van der Waals surface area (Å²) in [6.45, 7) is 1.93. The normalized spacial score (nSPS) is 20.9. The van der Waals surface area contributed by atoms with E-state index >= 15 is 0 Å². The third kappa shape index (κ3) is 5.13. The molecule has 0 spiro atoms. The third-order valence-corrected chi connectivity index (χ3v) is 6.00. The van der Waals surface area contributed by atoms with Crippen molar-refractivity contribution in [2.75, 3.05) is 18.6 Å². The first-order valence-corrected chi connectivity index (χ1v) is 9.60. The minimum atomic E-state index is -2.99. The molecule has 1 fully saturated rings. The standard InChI is InChI=1S/C16H24N2O4S/c1-12(3-4-13-5-7-15(19)8-6-13)17-16(20)18(2)14-9-10-23(21,22)11-14/h5-8,12,14,19H,3-4,9-11H2,1-2H3,(H,17,20)/t12-,14+/m1/s1. The number of phenolic OH excluding ortho intramolecular Hbond substituents is 1. The summed E-state index contributed by atoms with van der Waals surface area (Å²) in [7, 11) is -1.35. The maximum atomic E-state index is 12.2. The highest BCUT2D eigenvalue weighted by Crippen LogP contribution is 2.17. The van der Waals surface area contributed by atoms with Crippen molar-refractivity contribution in [3.63, 3.8) is 0 Å². The van der Waals surface area contributed by atoms with Crippen LogP contribution in [0, 0.1) is 0 Å². The number of urea groups is 1. The Bertz CT molecular complexity index is 643. The Kier molecular flexibility index (Phi) is 5.51. The average molecular weight is 340 g/mol. The van der Waals surface area contributed by atoms with Gasteiger partial charge in [0.25, 0.3) is 0 Å². The molecule has 1 aliphatic rings. The van der Waals surface area contributed by atoms with E-state index in [1.54, 1.807) is 19.2 Å². The van der Waals surface area contributed by atoms with Crippen molar-refractivity contribution >= 4 is 15.9 Å². The molecular formula is C16H24N2O4S. The van der Waals surface area contributed by atoms with Crippen molar-refractivity contribution in [3.05, 3.63) is 29.8 Å². The Balaban J connectivity index is 1.79. The molecule has 0 saturated carbocycles. The van der Waals surface area contributed by atoms with Gasteiger partial charge in [0.1, 0.15) is 5.75 Å². The number of sulfone groups is 1. The number of nitrogens with one attached hydrogen (secondary N) is 1. The molecule has 7 heteroatoms. The van der Waals surface area contributed by atoms with E-state index in [0.29, 0.717) is 6.42 Å². The molecule has 2 atom stereocenters. The van der Waals surface area contributed by atoms with Crippen LogP contribution in [0.3, 0.4) is 0 Å². The average Bonchev–Trinajstić information content (AvgIpc) is 2.86. The molecule has 1 saturated heterocycles. The van der Waals surface area contributed by atoms with Crippen LogP contribution in [0.15, 0.2) is 24.3 Å². The van der Waals surface area contributed by atoms with Gasteiger partial charge in [-0.15, -0.1) is 0 Å². The summed E-state index contributed by atoms with van der Waals surface area (Å²) in [5.74, 6) is 0.452. The Hall–Kier alpha value is -1.76. The quantitative estimate of drug-likeness (QED) is 0.851. The van der Waals surface area contributed by atoms with E-state index in [0.717, 1.165) is 18.4 Å². The second-order valence-corrected chi connectivity index (χ2v) is 8.45. The highest BCUT2D eigenvalue weighted by molar-refractivity contribution is 7.91. The van der Waals surface area contributed by atoms with Gasteiger partial charge < -0.3 is 15.3 Å². The molecule has 1 aromatic rings. The minimum absolute atomic E-state index is 0.0169. The van der Waals surface area contributed by atoms with E-state index in [4.69, 9.17) is 0 Å². The molecule has 0 aromatic heterocycles. The molecule has 2 amide bonds. The van der Waals surface area contributed by atoms with Crippen LogP contribution in [0.4, 0.5) is 4.79 Å². The first kappa shape index (κ1) is 17.6. The van der Waals surface area contributed by atoms with Gasteiger partial charge in [-0.3, -0.25) is 0 Å². The topological polar surface area (TPSA) is 86.7 Å². The number of carbonyl (C=O) groups is 1. The largest absolute Gasteiger partial charge is 0.508 e. The number of aromatic hydroxyl groups is 1. The van der Waals surface area contributed by atoms with Crippen LogP contribution in [0.5, 0.6) is 5.75 Å². The van der Waals surface area contributed by atoms with Crippen molar-refractivity contribution in [2.45, 2.75) is 38.3 Å². The van der Waals surface area contributed by atoms with Gasteiger partial charge in [0.15, 0.2) is 9.84 Å². The lowest BCUT2D eigenvalue weighted by Gasteiger charge is -2.26. The summed E-state index contributed by atoms with van der Waals surface area (Å²) in [4.78, 5) is 13.7. The summed E-state index contributed by atoms with van der Waals surface area (Å²) in [5, 5.41) is 12.2. The zero-order valence-electron chi connectivity index (χ0n) is 13.5. The van der Waals surface area contributed by atoms with Crippen molar-refractivity contribution in [2.24, 2.45) is 0 Å². The monoisotopic (exact) mass is 340 g/mol. The molecule has 1 aliphatic heterocycles. The summed E-state index contributed by atoms with van der Waals surface area (Å²) in [6, 6.07) is 6.53. The molecule has 0 unspecified atom stereocenters. The summed E-state index contributed by atoms with van der Waals surface area (Å²) < 4.78 is 23.0. The van der Waals surface area contributed by atoms with Gasteiger partial charge in [0, 0.05) is 19.1 Å². The Morgan fingerprint density at radius 1 is 1.39 bits per heavy atom. The van der Waals surface area contributed by atoms with Crippen LogP contribution in [0.25, 0.3) is 0 Å². The lowest BCUT2D eigenvalue weighted by atomic mass is 10.1. The lowest BCUT2D eigenvalue weighted by Crippen LogP contribution is -2.47. The second-order valence-electron chi connectivity index (χ2n) is 6.22. The number of aryl methyl sites for hydroxylation is 1. The summed E-state index contributed by atoms with van der Waals surface area (Å²) >= 11 is 0. The molecular weight excluding hydrogens is 316 g/mol. The fraction of sp³-hybridized carbons (Fsp3) is 0.562. The van der Waals surface area contributed by atoms with E-state index in [2.05, 4.69) is 5.32 Å². The predicted octanol–water partition coefficient (Wildman–Crippen LogP) is 1.54. The van der Waals surface area contributed by atoms with Gasteiger partial charge in [-0.05, 0) is 43.9 Å². The van der Waals surface area contributed by atoms with Gasteiger partial charge in [0.2, 0.25) is 0 Å². The van der Waals surface area contributed by atoms with Crippen molar-refractivity contribution < 1.29 is 18.3 Å². The van der Waals surface area contributed by atoms with Crippen LogP contribution in [0.2, 0.25) is 0 Å². The molecule has 0 radical (unpaired) electrons. The zero-order valence-corrected chi connectivity index (χ0v) is 14.3. The fourth-order valence-corrected chi connectivity index (χ4v) is 4.45. The Labute approximate surface area is 137 Å². The SMILES string of the molecule is C[C@H](CCc1ccc(O)cc1)NC(=O)N(C)[C@H]1CCS(=O)(=O)C1. The number of amides is 2. The van der Waals surface area contributed by atoms with Crippen LogP contribution < -0.4 is 5.32 Å². The molecule has 0 aliphatic carbocycles. The van der Waals surface area contributed by atoms with E-state index in [1.807, 2.05) is 19.1 Å². The van der Waals surface area contributed by atoms with E-state index in [-0.39, 0.29) is 35.4 Å². The molecule has 1 aromatic carbocycles. The molecule has 128 valence electrons. The lowest BCUT2D eigenvalue weighted by molar-refractivity contribution is 0.191. The number of hydrogen-bond donors (Lipinski definition) is 2. The second kappa shape index (κ2) is 7.21. The van der Waals surface area contributed by atoms with E-state index in [1.165, 1.54) is 4.90 Å². The molecule has 2 rings (SSSR count). The fourth-order valence-electron chi connectivity index (χ4n) is 2.68. The predicted molar refractivity (Wildman–Crippen MR) is 89.2 cm³/mol. The first-order chi connectivity index (χ1) is 10.8. The highest BCUT2D eigenvalue weighted by atomic mass is 32.2. The molecule has 23 heavy (non-hydrogen) atoms. The van der Waals surface area contributed by atoms with Gasteiger partial charge >= 0.3 is 6.03 Å². The number of rotatable bonds is 5. The summed E-state index contributed by atoms with van der Waals surface area (Å²) in [6.07, 6.45) is 2.07. The number of benzene rings is 1. The first-order valence-electron chi connectivity index (χ1n) is 7.78. The minimum Gasteiger partial charge on any atom is -0.508 e. The van der Waals surface area contributed by atoms with Gasteiger partial charge in [-0.2, -0.15) is 0 Å². The zero-order chi connectivity index (χ0) is 17.0. The smallest absolute Gasteiger partial charge is 0.317 e. The highest BCUT2D eigenvalue weighted by Gasteiger charge is 2.32. The number of nitrogens with zero attached hydrogens (tertiary/aromatic N) is 1. The van der Waals surface area contributed by atoms with Crippen LogP contribution in [-0.4, -0.2) is 55.1 Å². The number of carbonyl (C=O) groups excluding carboxylic acids is 1. The summed E-state index contributed by atoms with van der Waals surface area (Å²) in [5.41, 5.74) is 1.10.